The lowest BCUT2D eigenvalue weighted by molar-refractivity contribution is -0.815. The minimum Gasteiger partial charge on any atom is -0.465 e. The van der Waals surface area contributed by atoms with Crippen molar-refractivity contribution >= 4 is 18.0 Å². The van der Waals surface area contributed by atoms with Crippen molar-refractivity contribution in [2.24, 2.45) is 0 Å². The van der Waals surface area contributed by atoms with Crippen LogP contribution in [0.2, 0.25) is 0 Å². The summed E-state index contributed by atoms with van der Waals surface area (Å²) in [6.45, 7) is -5.31. The molecule has 1 amide bonds. The Bertz CT molecular complexity index is 1110. The van der Waals surface area contributed by atoms with E-state index in [-0.39, 0.29) is 0 Å². The van der Waals surface area contributed by atoms with Gasteiger partial charge in [0.1, 0.15) is 12.6 Å². The smallest absolute Gasteiger partial charge is 0.465 e. The first-order valence-corrected chi connectivity index (χ1v) is 12.1. The lowest BCUT2D eigenvalue weighted by Crippen LogP contribution is -2.61. The Hall–Kier alpha value is -2.93. The van der Waals surface area contributed by atoms with Crippen LogP contribution in [0.1, 0.15) is 19.3 Å². The van der Waals surface area contributed by atoms with Gasteiger partial charge in [0.15, 0.2) is 0 Å². The van der Waals surface area contributed by atoms with Crippen molar-refractivity contribution in [3.63, 3.8) is 0 Å². The number of esters is 2. The molecule has 0 fully saturated rings. The molecule has 8 nitrogen and oxygen atoms in total. The fourth-order valence-corrected chi connectivity index (χ4v) is 2.88. The predicted molar refractivity (Wildman–Crippen MR) is 114 cm³/mol. The Morgan fingerprint density at radius 3 is 1.34 bits per heavy atom. The zero-order chi connectivity index (χ0) is 37.9. The Morgan fingerprint density at radius 2 is 1.00 bits per heavy atom. The van der Waals surface area contributed by atoms with Gasteiger partial charge in [-0.1, -0.05) is 0 Å². The molecule has 0 aromatic heterocycles. The van der Waals surface area contributed by atoms with E-state index in [1.807, 2.05) is 5.32 Å². The highest BCUT2D eigenvalue weighted by Gasteiger charge is 2.82. The number of likely N-dealkylation sites (N-methyl/N-ethyl adjacent to an activating group) is 1. The van der Waals surface area contributed by atoms with Crippen LogP contribution in [0.4, 0.5) is 83.8 Å². The third kappa shape index (κ3) is 9.81. The van der Waals surface area contributed by atoms with E-state index in [1.54, 1.807) is 0 Å². The monoisotopic (exact) mass is 741 g/mol. The number of ether oxygens (including phenoxy) is 2. The van der Waals surface area contributed by atoms with Crippen LogP contribution in [-0.2, 0) is 19.1 Å². The van der Waals surface area contributed by atoms with Crippen molar-refractivity contribution in [3.8, 4) is 0 Å². The normalized spacial score (nSPS) is 15.3. The number of carboxylic acid groups (broad SMARTS) is 1. The van der Waals surface area contributed by atoms with Gasteiger partial charge in [-0.2, -0.15) is 83.8 Å². The standard InChI is InChI=1S/C21H22F18N2O6/c1-41(2,13(44)45)6-5-40-10(12(43)47-8-4-15(24,25)17(28,29)19(32,33)21(37,38)39)9-11(42)46-7-3-14(22,23)16(26,27)18(30,31)20(34,35)36/h10,40H,3-9H2,1-2H3/p+1. The molecule has 47 heavy (non-hydrogen) atoms. The number of rotatable bonds is 17. The number of hydrogen-bond donors (Lipinski definition) is 2. The SMILES string of the molecule is C[N+](C)(CCNC(CC(=O)OCCC(F)(F)C(F)(F)C(F)(F)C(F)(F)F)C(=O)OCCC(F)(F)C(F)(F)C(F)(F)C(F)(F)F)C(=O)O. The quantitative estimate of drug-likeness (QED) is 0.109. The molecular formula is C21H23F18N2O6+. The molecule has 0 saturated heterocycles. The molecule has 0 heterocycles. The second kappa shape index (κ2) is 14.3. The van der Waals surface area contributed by atoms with Gasteiger partial charge in [-0.05, 0) is 0 Å². The summed E-state index contributed by atoms with van der Waals surface area (Å²) in [7, 11) is 2.06. The fourth-order valence-electron chi connectivity index (χ4n) is 2.88. The number of hydrogen-bond acceptors (Lipinski definition) is 6. The Labute approximate surface area is 250 Å². The third-order valence-electron chi connectivity index (χ3n) is 5.99. The minimum atomic E-state index is -7.29. The van der Waals surface area contributed by atoms with Crippen LogP contribution < -0.4 is 5.32 Å². The van der Waals surface area contributed by atoms with E-state index in [2.05, 4.69) is 9.47 Å². The van der Waals surface area contributed by atoms with Crippen molar-refractivity contribution < 1.29 is 112 Å². The van der Waals surface area contributed by atoms with Gasteiger partial charge in [-0.25, -0.2) is 4.48 Å². The molecule has 0 spiro atoms. The third-order valence-corrected chi connectivity index (χ3v) is 5.99. The van der Waals surface area contributed by atoms with Crippen LogP contribution in [0.3, 0.4) is 0 Å². The molecule has 0 aromatic rings. The second-order valence-corrected chi connectivity index (χ2v) is 9.99. The fraction of sp³-hybridized carbons (Fsp3) is 0.857. The molecular weight excluding hydrogens is 718 g/mol. The minimum absolute atomic E-state index is 0.528. The van der Waals surface area contributed by atoms with E-state index >= 15 is 0 Å². The Morgan fingerprint density at radius 1 is 0.638 bits per heavy atom. The largest absolute Gasteiger partial charge is 0.513 e. The lowest BCUT2D eigenvalue weighted by atomic mass is 10.0. The zero-order valence-corrected chi connectivity index (χ0v) is 23.3. The van der Waals surface area contributed by atoms with Crippen LogP contribution in [-0.4, -0.2) is 122 Å². The molecule has 1 atom stereocenters. The van der Waals surface area contributed by atoms with Gasteiger partial charge in [-0.15, -0.1) is 0 Å². The number of carbonyl (C=O) groups excluding carboxylic acids is 2. The predicted octanol–water partition coefficient (Wildman–Crippen LogP) is 5.89. The summed E-state index contributed by atoms with van der Waals surface area (Å²) in [5.74, 6) is -45.1. The summed E-state index contributed by atoms with van der Waals surface area (Å²) in [5.41, 5.74) is 0. The number of amides is 1. The maximum Gasteiger partial charge on any atom is 0.513 e. The van der Waals surface area contributed by atoms with E-state index in [0.29, 0.717) is 0 Å². The van der Waals surface area contributed by atoms with Crippen LogP contribution in [0.25, 0.3) is 0 Å². The summed E-state index contributed by atoms with van der Waals surface area (Å²) < 4.78 is 240. The second-order valence-electron chi connectivity index (χ2n) is 9.99. The summed E-state index contributed by atoms with van der Waals surface area (Å²) in [5, 5.41) is 11.0. The van der Waals surface area contributed by atoms with E-state index in [4.69, 9.17) is 5.11 Å². The number of halogens is 18. The van der Waals surface area contributed by atoms with Gasteiger partial charge in [0.05, 0.1) is 46.6 Å². The molecule has 26 heteroatoms. The molecule has 0 aliphatic carbocycles. The van der Waals surface area contributed by atoms with Crippen molar-refractivity contribution in [1.82, 2.24) is 5.32 Å². The van der Waals surface area contributed by atoms with Crippen molar-refractivity contribution in [2.75, 3.05) is 40.4 Å². The molecule has 0 radical (unpaired) electrons. The molecule has 278 valence electrons. The Kier molecular flexibility index (Phi) is 13.4. The lowest BCUT2D eigenvalue weighted by Gasteiger charge is -2.33. The number of carbonyl (C=O) groups is 3. The van der Waals surface area contributed by atoms with Crippen LogP contribution in [0.15, 0.2) is 0 Å². The van der Waals surface area contributed by atoms with Gasteiger partial charge in [-0.3, -0.25) is 14.9 Å². The number of nitrogens with one attached hydrogen (secondary N) is 1. The van der Waals surface area contributed by atoms with E-state index < -0.39 is 122 Å². The highest BCUT2D eigenvalue weighted by molar-refractivity contribution is 5.82. The number of nitrogens with zero attached hydrogens (tertiary/aromatic N) is 1. The van der Waals surface area contributed by atoms with E-state index in [1.165, 1.54) is 0 Å². The summed E-state index contributed by atoms with van der Waals surface area (Å²) in [4.78, 5) is 35.3. The molecule has 0 rings (SSSR count). The maximum absolute atomic E-state index is 13.7. The zero-order valence-electron chi connectivity index (χ0n) is 23.3. The average Bonchev–Trinajstić information content (AvgIpc) is 2.85. The average molecular weight is 741 g/mol. The first-order valence-electron chi connectivity index (χ1n) is 12.1. The van der Waals surface area contributed by atoms with Crippen LogP contribution >= 0.6 is 0 Å². The topological polar surface area (TPSA) is 102 Å². The molecule has 0 aliphatic heterocycles. The number of alkyl halides is 18. The summed E-state index contributed by atoms with van der Waals surface area (Å²) in [6, 6.07) is -2.31. The van der Waals surface area contributed by atoms with E-state index in [0.717, 1.165) is 14.1 Å². The van der Waals surface area contributed by atoms with Crippen LogP contribution in [0, 0.1) is 0 Å². The molecule has 0 saturated carbocycles. The van der Waals surface area contributed by atoms with Crippen molar-refractivity contribution in [3.05, 3.63) is 0 Å². The molecule has 2 N–H and O–H groups in total. The summed E-state index contributed by atoms with van der Waals surface area (Å²) >= 11 is 0. The first kappa shape index (κ1) is 44.1. The summed E-state index contributed by atoms with van der Waals surface area (Å²) in [6.07, 6.45) is -22.8. The Balaban J connectivity index is 5.70. The van der Waals surface area contributed by atoms with Gasteiger partial charge in [0, 0.05) is 6.54 Å². The van der Waals surface area contributed by atoms with Gasteiger partial charge < -0.3 is 14.6 Å². The number of quaternary nitrogens is 1. The van der Waals surface area contributed by atoms with Crippen molar-refractivity contribution in [2.45, 2.75) is 73.2 Å². The first-order chi connectivity index (χ1) is 20.5. The van der Waals surface area contributed by atoms with Crippen LogP contribution in [0.5, 0.6) is 0 Å². The van der Waals surface area contributed by atoms with Gasteiger partial charge in [0.25, 0.3) is 0 Å². The van der Waals surface area contributed by atoms with Gasteiger partial charge in [0.2, 0.25) is 0 Å². The molecule has 0 bridgehead atoms. The van der Waals surface area contributed by atoms with Crippen molar-refractivity contribution in [1.29, 1.82) is 0 Å². The highest BCUT2D eigenvalue weighted by atomic mass is 19.4. The van der Waals surface area contributed by atoms with Gasteiger partial charge >= 0.3 is 65.9 Å². The van der Waals surface area contributed by atoms with E-state index in [9.17, 15) is 93.4 Å². The molecule has 0 aromatic carbocycles. The molecule has 0 aliphatic rings. The molecule has 1 unspecified atom stereocenters. The maximum atomic E-state index is 13.7. The highest BCUT2D eigenvalue weighted by Crippen LogP contribution is 2.55.